The van der Waals surface area contributed by atoms with Crippen LogP contribution in [0.2, 0.25) is 0 Å². The summed E-state index contributed by atoms with van der Waals surface area (Å²) < 4.78 is 0. The molecule has 0 rings (SSSR count). The highest BCUT2D eigenvalue weighted by atomic mass is 32.2. The van der Waals surface area contributed by atoms with Gasteiger partial charge in [-0.15, -0.1) is 0 Å². The summed E-state index contributed by atoms with van der Waals surface area (Å²) in [6.07, 6.45) is -0.690. The minimum Gasteiger partial charge on any atom is -0.481 e. The third-order valence-corrected chi connectivity index (χ3v) is 4.66. The van der Waals surface area contributed by atoms with Crippen LogP contribution in [0.5, 0.6) is 0 Å². The summed E-state index contributed by atoms with van der Waals surface area (Å²) in [5, 5.41) is 32.8. The van der Waals surface area contributed by atoms with E-state index >= 15 is 0 Å². The lowest BCUT2D eigenvalue weighted by molar-refractivity contribution is -0.148. The van der Waals surface area contributed by atoms with Crippen molar-refractivity contribution < 1.29 is 48.9 Å². The third kappa shape index (κ3) is 12.3. The van der Waals surface area contributed by atoms with Crippen LogP contribution in [0, 0.1) is 0 Å². The monoisotopic (exact) mass is 493 g/mol. The highest BCUT2D eigenvalue weighted by Gasteiger charge is 2.32. The molecular weight excluding hydrogens is 466 g/mol. The standard InChI is InChI=1S/C17H27N5O10S/c1-33-3-2-7(18)14(28)20-8(4-11(19)23)15(29)21-9(5-12(24)25)16(30)22-10(17(31)32)6-13(26)27/h7-10H,2-6,18H2,1H3,(H2,19,23)(H,20,28)(H,21,29)(H,22,30)(H,24,25)(H,26,27)(H,31,32). The molecule has 0 bridgehead atoms. The topological polar surface area (TPSA) is 268 Å². The number of nitrogens with one attached hydrogen (secondary N) is 3. The number of carbonyl (C=O) groups is 7. The number of amides is 4. The zero-order valence-corrected chi connectivity index (χ0v) is 18.4. The molecule has 0 radical (unpaired) electrons. The van der Waals surface area contributed by atoms with Crippen molar-refractivity contribution in [2.24, 2.45) is 11.5 Å². The molecule has 0 aliphatic rings. The van der Waals surface area contributed by atoms with E-state index in [0.29, 0.717) is 5.75 Å². The van der Waals surface area contributed by atoms with Gasteiger partial charge in [0.25, 0.3) is 0 Å². The molecule has 0 heterocycles. The highest BCUT2D eigenvalue weighted by molar-refractivity contribution is 7.98. The van der Waals surface area contributed by atoms with E-state index < -0.39 is 85.0 Å². The number of aliphatic carboxylic acids is 3. The quantitative estimate of drug-likeness (QED) is 0.104. The normalized spacial score (nSPS) is 14.1. The van der Waals surface area contributed by atoms with Crippen LogP contribution in [0.15, 0.2) is 0 Å². The molecule has 0 aliphatic heterocycles. The second-order valence-electron chi connectivity index (χ2n) is 6.78. The smallest absolute Gasteiger partial charge is 0.326 e. The Labute approximate surface area is 192 Å². The molecular formula is C17H27N5O10S. The average Bonchev–Trinajstić information content (AvgIpc) is 2.68. The van der Waals surface area contributed by atoms with Gasteiger partial charge in [-0.05, 0) is 18.4 Å². The van der Waals surface area contributed by atoms with Crippen molar-refractivity contribution >= 4 is 53.3 Å². The maximum Gasteiger partial charge on any atom is 0.326 e. The van der Waals surface area contributed by atoms with Gasteiger partial charge in [-0.25, -0.2) is 4.79 Å². The second kappa shape index (κ2) is 14.6. The average molecular weight is 493 g/mol. The number of thioether (sulfide) groups is 1. The van der Waals surface area contributed by atoms with Gasteiger partial charge in [-0.1, -0.05) is 0 Å². The van der Waals surface area contributed by atoms with Crippen molar-refractivity contribution in [2.75, 3.05) is 12.0 Å². The fourth-order valence-corrected chi connectivity index (χ4v) is 2.86. The van der Waals surface area contributed by atoms with E-state index in [9.17, 15) is 33.6 Å². The fraction of sp³-hybridized carbons (Fsp3) is 0.588. The van der Waals surface area contributed by atoms with Crippen LogP contribution in [0.25, 0.3) is 0 Å². The second-order valence-corrected chi connectivity index (χ2v) is 7.76. The summed E-state index contributed by atoms with van der Waals surface area (Å²) in [7, 11) is 0. The first-order valence-electron chi connectivity index (χ1n) is 9.38. The number of rotatable bonds is 16. The molecule has 0 aromatic heterocycles. The molecule has 16 heteroatoms. The Morgan fingerprint density at radius 2 is 1.18 bits per heavy atom. The Balaban J connectivity index is 5.52. The minimum atomic E-state index is -1.90. The van der Waals surface area contributed by atoms with Gasteiger partial charge in [0.15, 0.2) is 0 Å². The first-order chi connectivity index (χ1) is 15.3. The predicted molar refractivity (Wildman–Crippen MR) is 113 cm³/mol. The van der Waals surface area contributed by atoms with Crippen LogP contribution in [0.1, 0.15) is 25.7 Å². The van der Waals surface area contributed by atoms with Gasteiger partial charge in [-0.3, -0.25) is 28.8 Å². The molecule has 0 saturated heterocycles. The molecule has 4 unspecified atom stereocenters. The lowest BCUT2D eigenvalue weighted by Gasteiger charge is -2.23. The first kappa shape index (κ1) is 29.6. The Kier molecular flexibility index (Phi) is 13.1. The van der Waals surface area contributed by atoms with Crippen LogP contribution >= 0.6 is 11.8 Å². The van der Waals surface area contributed by atoms with E-state index in [2.05, 4.69) is 5.32 Å². The molecule has 33 heavy (non-hydrogen) atoms. The molecule has 0 aromatic carbocycles. The fourth-order valence-electron chi connectivity index (χ4n) is 2.37. The molecule has 186 valence electrons. The molecule has 0 fully saturated rings. The van der Waals surface area contributed by atoms with Gasteiger partial charge in [-0.2, -0.15) is 11.8 Å². The van der Waals surface area contributed by atoms with Crippen LogP contribution in [0.3, 0.4) is 0 Å². The van der Waals surface area contributed by atoms with E-state index in [1.54, 1.807) is 6.26 Å². The number of primary amides is 1. The van der Waals surface area contributed by atoms with Gasteiger partial charge >= 0.3 is 17.9 Å². The number of hydrogen-bond acceptors (Lipinski definition) is 9. The number of carboxylic acid groups (broad SMARTS) is 3. The van der Waals surface area contributed by atoms with Gasteiger partial charge in [0.2, 0.25) is 23.6 Å². The molecule has 0 saturated carbocycles. The maximum absolute atomic E-state index is 12.6. The molecule has 15 nitrogen and oxygen atoms in total. The van der Waals surface area contributed by atoms with Crippen LogP contribution in [-0.4, -0.2) is 93.0 Å². The lowest BCUT2D eigenvalue weighted by Crippen LogP contribution is -2.58. The van der Waals surface area contributed by atoms with Gasteiger partial charge < -0.3 is 42.7 Å². The van der Waals surface area contributed by atoms with Crippen molar-refractivity contribution in [1.82, 2.24) is 16.0 Å². The predicted octanol–water partition coefficient (Wildman–Crippen LogP) is -3.57. The number of nitrogens with two attached hydrogens (primary N) is 2. The van der Waals surface area contributed by atoms with Crippen molar-refractivity contribution in [1.29, 1.82) is 0 Å². The molecule has 4 atom stereocenters. The highest BCUT2D eigenvalue weighted by Crippen LogP contribution is 2.03. The number of hydrogen-bond donors (Lipinski definition) is 8. The number of carboxylic acids is 3. The van der Waals surface area contributed by atoms with Crippen molar-refractivity contribution in [3.05, 3.63) is 0 Å². The summed E-state index contributed by atoms with van der Waals surface area (Å²) in [6, 6.07) is -6.39. The summed E-state index contributed by atoms with van der Waals surface area (Å²) in [5.41, 5.74) is 10.8. The SMILES string of the molecule is CSCCC(N)C(=O)NC(CC(N)=O)C(=O)NC(CC(=O)O)C(=O)NC(CC(=O)O)C(=O)O. The van der Waals surface area contributed by atoms with E-state index in [4.69, 9.17) is 26.8 Å². The molecule has 10 N–H and O–H groups in total. The van der Waals surface area contributed by atoms with Crippen molar-refractivity contribution in [2.45, 2.75) is 49.9 Å². The Bertz CT molecular complexity index is 777. The summed E-state index contributed by atoms with van der Waals surface area (Å²) >= 11 is 1.42. The Morgan fingerprint density at radius 1 is 0.758 bits per heavy atom. The Morgan fingerprint density at radius 3 is 1.61 bits per heavy atom. The van der Waals surface area contributed by atoms with E-state index in [0.717, 1.165) is 0 Å². The molecule has 0 aliphatic carbocycles. The molecule has 4 amide bonds. The van der Waals surface area contributed by atoms with Crippen LogP contribution < -0.4 is 27.4 Å². The minimum absolute atomic E-state index is 0.252. The zero-order valence-electron chi connectivity index (χ0n) is 17.6. The van der Waals surface area contributed by atoms with E-state index in [1.165, 1.54) is 11.8 Å². The largest absolute Gasteiger partial charge is 0.481 e. The lowest BCUT2D eigenvalue weighted by atomic mass is 10.1. The zero-order chi connectivity index (χ0) is 25.7. The Hall–Kier alpha value is -3.40. The maximum atomic E-state index is 12.6. The van der Waals surface area contributed by atoms with Gasteiger partial charge in [0, 0.05) is 0 Å². The summed E-state index contributed by atoms with van der Waals surface area (Å²) in [4.78, 5) is 81.5. The van der Waals surface area contributed by atoms with E-state index in [1.807, 2.05) is 10.6 Å². The van der Waals surface area contributed by atoms with Gasteiger partial charge in [0.1, 0.15) is 18.1 Å². The van der Waals surface area contributed by atoms with Gasteiger partial charge in [0.05, 0.1) is 25.3 Å². The molecule has 0 aromatic rings. The number of carbonyl (C=O) groups excluding carboxylic acids is 4. The van der Waals surface area contributed by atoms with E-state index in [-0.39, 0.29) is 6.42 Å². The third-order valence-electron chi connectivity index (χ3n) is 4.01. The van der Waals surface area contributed by atoms with Crippen LogP contribution in [0.4, 0.5) is 0 Å². The first-order valence-corrected chi connectivity index (χ1v) is 10.8. The van der Waals surface area contributed by atoms with Crippen LogP contribution in [-0.2, 0) is 33.6 Å². The molecule has 0 spiro atoms. The summed E-state index contributed by atoms with van der Waals surface area (Å²) in [5.74, 6) is -8.55. The summed E-state index contributed by atoms with van der Waals surface area (Å²) in [6.45, 7) is 0. The van der Waals surface area contributed by atoms with Crippen molar-refractivity contribution in [3.63, 3.8) is 0 Å². The van der Waals surface area contributed by atoms with Crippen molar-refractivity contribution in [3.8, 4) is 0 Å².